The predicted molar refractivity (Wildman–Crippen MR) is 78.4 cm³/mol. The first-order chi connectivity index (χ1) is 9.20. The highest BCUT2D eigenvalue weighted by molar-refractivity contribution is 7.99. The number of aryl methyl sites for hydroxylation is 2. The summed E-state index contributed by atoms with van der Waals surface area (Å²) in [5.74, 6) is 0. The van der Waals surface area contributed by atoms with Crippen molar-refractivity contribution >= 4 is 11.8 Å². The molecule has 0 aliphatic heterocycles. The maximum Gasteiger partial charge on any atom is 0.0629 e. The van der Waals surface area contributed by atoms with Crippen molar-refractivity contribution in [3.05, 3.63) is 41.7 Å². The number of hydrogen-bond acceptors (Lipinski definition) is 3. The second-order valence-electron chi connectivity index (χ2n) is 5.20. The van der Waals surface area contributed by atoms with Crippen LogP contribution in [0.4, 0.5) is 0 Å². The lowest BCUT2D eigenvalue weighted by Crippen LogP contribution is -2.15. The third-order valence-corrected chi connectivity index (χ3v) is 4.33. The van der Waals surface area contributed by atoms with Crippen LogP contribution in [0.5, 0.6) is 0 Å². The molecule has 2 aromatic rings. The second-order valence-corrected chi connectivity index (χ2v) is 6.34. The van der Waals surface area contributed by atoms with E-state index in [1.165, 1.54) is 33.8 Å². The highest BCUT2D eigenvalue weighted by Gasteiger charge is 2.20. The molecule has 1 N–H and O–H groups in total. The first kappa shape index (κ1) is 12.8. The van der Waals surface area contributed by atoms with Crippen molar-refractivity contribution in [1.29, 1.82) is 0 Å². The van der Waals surface area contributed by atoms with Gasteiger partial charge in [0.2, 0.25) is 0 Å². The number of benzene rings is 1. The van der Waals surface area contributed by atoms with E-state index in [1.54, 1.807) is 11.8 Å². The summed E-state index contributed by atoms with van der Waals surface area (Å²) < 4.78 is 1.84. The van der Waals surface area contributed by atoms with Gasteiger partial charge < -0.3 is 5.32 Å². The topological polar surface area (TPSA) is 29.9 Å². The van der Waals surface area contributed by atoms with E-state index in [0.717, 1.165) is 12.6 Å². The summed E-state index contributed by atoms with van der Waals surface area (Å²) in [6.07, 6.45) is 6.63. The third-order valence-electron chi connectivity index (χ3n) is 3.39. The van der Waals surface area contributed by atoms with Gasteiger partial charge in [-0.2, -0.15) is 5.10 Å². The minimum atomic E-state index is 0.767. The molecule has 0 saturated heterocycles. The van der Waals surface area contributed by atoms with E-state index < -0.39 is 0 Å². The summed E-state index contributed by atoms with van der Waals surface area (Å²) in [6.45, 7) is 3.19. The van der Waals surface area contributed by atoms with E-state index in [4.69, 9.17) is 0 Å². The van der Waals surface area contributed by atoms with Gasteiger partial charge in [-0.15, -0.1) is 0 Å². The Balaban J connectivity index is 1.67. The number of aromatic nitrogens is 2. The van der Waals surface area contributed by atoms with Gasteiger partial charge in [-0.25, -0.2) is 0 Å². The molecule has 0 bridgehead atoms. The maximum atomic E-state index is 4.19. The Kier molecular flexibility index (Phi) is 3.62. The summed E-state index contributed by atoms with van der Waals surface area (Å²) in [7, 11) is 1.95. The van der Waals surface area contributed by atoms with Gasteiger partial charge in [0.1, 0.15) is 0 Å². The zero-order valence-electron chi connectivity index (χ0n) is 11.4. The van der Waals surface area contributed by atoms with Crippen molar-refractivity contribution in [2.24, 2.45) is 7.05 Å². The smallest absolute Gasteiger partial charge is 0.0629 e. The number of nitrogens with one attached hydrogen (secondary N) is 1. The average Bonchev–Trinajstić information content (AvgIpc) is 3.12. The summed E-state index contributed by atoms with van der Waals surface area (Å²) in [6, 6.07) is 7.48. The molecule has 1 aliphatic carbocycles. The van der Waals surface area contributed by atoms with E-state index in [9.17, 15) is 0 Å². The Morgan fingerprint density at radius 1 is 1.37 bits per heavy atom. The lowest BCUT2D eigenvalue weighted by Gasteiger charge is -2.08. The fraction of sp³-hybridized carbons (Fsp3) is 0.400. The van der Waals surface area contributed by atoms with Crippen molar-refractivity contribution in [3.63, 3.8) is 0 Å². The molecule has 0 amide bonds. The second kappa shape index (κ2) is 5.39. The highest BCUT2D eigenvalue weighted by atomic mass is 32.2. The van der Waals surface area contributed by atoms with Gasteiger partial charge in [0, 0.05) is 30.7 Å². The minimum Gasteiger partial charge on any atom is -0.310 e. The van der Waals surface area contributed by atoms with Crippen molar-refractivity contribution in [3.8, 4) is 0 Å². The monoisotopic (exact) mass is 273 g/mol. The quantitative estimate of drug-likeness (QED) is 0.907. The fourth-order valence-corrected chi connectivity index (χ4v) is 3.01. The Bertz CT molecular complexity index is 573. The zero-order valence-corrected chi connectivity index (χ0v) is 12.2. The molecule has 1 fully saturated rings. The molecular formula is C15H19N3S. The highest BCUT2D eigenvalue weighted by Crippen LogP contribution is 2.29. The van der Waals surface area contributed by atoms with Crippen molar-refractivity contribution < 1.29 is 0 Å². The van der Waals surface area contributed by atoms with Crippen LogP contribution in [0.1, 0.15) is 24.0 Å². The number of rotatable bonds is 5. The van der Waals surface area contributed by atoms with E-state index in [2.05, 4.69) is 35.5 Å². The molecule has 19 heavy (non-hydrogen) atoms. The van der Waals surface area contributed by atoms with Crippen LogP contribution in [0.25, 0.3) is 0 Å². The van der Waals surface area contributed by atoms with Crippen LogP contribution in [0.15, 0.2) is 40.4 Å². The third kappa shape index (κ3) is 3.39. The van der Waals surface area contributed by atoms with Crippen LogP contribution >= 0.6 is 11.8 Å². The molecule has 4 heteroatoms. The predicted octanol–water partition coefficient (Wildman–Crippen LogP) is 3.13. The van der Waals surface area contributed by atoms with Crippen molar-refractivity contribution in [2.45, 2.75) is 42.1 Å². The van der Waals surface area contributed by atoms with Gasteiger partial charge in [0.15, 0.2) is 0 Å². The molecule has 0 spiro atoms. The SMILES string of the molecule is Cc1cc(Sc2cnn(C)c2)ccc1CNC1CC1. The zero-order chi connectivity index (χ0) is 13.2. The van der Waals surface area contributed by atoms with Crippen LogP contribution < -0.4 is 5.32 Å². The van der Waals surface area contributed by atoms with Gasteiger partial charge in [-0.05, 0) is 43.0 Å². The lowest BCUT2D eigenvalue weighted by molar-refractivity contribution is 0.685. The van der Waals surface area contributed by atoms with Crippen molar-refractivity contribution in [2.75, 3.05) is 0 Å². The molecule has 100 valence electrons. The van der Waals surface area contributed by atoms with Gasteiger partial charge in [0.25, 0.3) is 0 Å². The molecule has 1 heterocycles. The Labute approximate surface area is 118 Å². The molecule has 0 radical (unpaired) electrons. The van der Waals surface area contributed by atoms with Crippen LogP contribution in [0, 0.1) is 6.92 Å². The van der Waals surface area contributed by atoms with E-state index in [-0.39, 0.29) is 0 Å². The molecule has 1 aromatic carbocycles. The maximum absolute atomic E-state index is 4.19. The fourth-order valence-electron chi connectivity index (χ4n) is 2.06. The Morgan fingerprint density at radius 3 is 2.84 bits per heavy atom. The number of nitrogens with zero attached hydrogens (tertiary/aromatic N) is 2. The normalized spacial score (nSPS) is 14.8. The largest absolute Gasteiger partial charge is 0.310 e. The van der Waals surface area contributed by atoms with E-state index in [1.807, 2.05) is 24.1 Å². The average molecular weight is 273 g/mol. The minimum absolute atomic E-state index is 0.767. The first-order valence-electron chi connectivity index (χ1n) is 6.70. The Morgan fingerprint density at radius 2 is 2.21 bits per heavy atom. The lowest BCUT2D eigenvalue weighted by atomic mass is 10.1. The summed E-state index contributed by atoms with van der Waals surface area (Å²) >= 11 is 1.76. The van der Waals surface area contributed by atoms with Crippen LogP contribution in [0.3, 0.4) is 0 Å². The van der Waals surface area contributed by atoms with E-state index in [0.29, 0.717) is 0 Å². The molecule has 3 rings (SSSR count). The standard InChI is InChI=1S/C15H19N3S/c1-11-7-14(19-15-9-17-18(2)10-15)6-3-12(11)8-16-13-4-5-13/h3,6-7,9-10,13,16H,4-5,8H2,1-2H3. The van der Waals surface area contributed by atoms with Gasteiger partial charge in [-0.1, -0.05) is 17.8 Å². The molecule has 1 aromatic heterocycles. The Hall–Kier alpha value is -1.26. The van der Waals surface area contributed by atoms with Crippen LogP contribution in [-0.4, -0.2) is 15.8 Å². The van der Waals surface area contributed by atoms with Gasteiger partial charge >= 0.3 is 0 Å². The van der Waals surface area contributed by atoms with E-state index >= 15 is 0 Å². The molecule has 0 unspecified atom stereocenters. The summed E-state index contributed by atoms with van der Waals surface area (Å²) in [5, 5.41) is 7.76. The van der Waals surface area contributed by atoms with Crippen LogP contribution in [-0.2, 0) is 13.6 Å². The first-order valence-corrected chi connectivity index (χ1v) is 7.52. The van der Waals surface area contributed by atoms with Gasteiger partial charge in [-0.3, -0.25) is 4.68 Å². The van der Waals surface area contributed by atoms with Crippen molar-refractivity contribution in [1.82, 2.24) is 15.1 Å². The molecule has 3 nitrogen and oxygen atoms in total. The molecule has 0 atom stereocenters. The van der Waals surface area contributed by atoms with Crippen LogP contribution in [0.2, 0.25) is 0 Å². The molecule has 1 aliphatic rings. The van der Waals surface area contributed by atoms with Gasteiger partial charge in [0.05, 0.1) is 11.1 Å². The summed E-state index contributed by atoms with van der Waals surface area (Å²) in [4.78, 5) is 2.46. The molecule has 1 saturated carbocycles. The number of hydrogen-bond donors (Lipinski definition) is 1. The summed E-state index contributed by atoms with van der Waals surface area (Å²) in [5.41, 5.74) is 2.77. The molecular weight excluding hydrogens is 254 g/mol.